The summed E-state index contributed by atoms with van der Waals surface area (Å²) >= 11 is 0. The van der Waals surface area contributed by atoms with Crippen molar-refractivity contribution in [1.82, 2.24) is 0 Å². The molecule has 0 aromatic carbocycles. The summed E-state index contributed by atoms with van der Waals surface area (Å²) in [5.41, 5.74) is 1.71. The summed E-state index contributed by atoms with van der Waals surface area (Å²) in [4.78, 5) is 0. The minimum Gasteiger partial charge on any atom is -0.393 e. The number of allylic oxidation sites excluding steroid dienone is 4. The van der Waals surface area contributed by atoms with E-state index in [4.69, 9.17) is 9.47 Å². The normalized spacial score (nSPS) is 52.1. The molecule has 5 rings (SSSR count). The highest BCUT2D eigenvalue weighted by molar-refractivity contribution is 5.24. The molecule has 0 aromatic heterocycles. The van der Waals surface area contributed by atoms with Gasteiger partial charge in [-0.15, -0.1) is 0 Å². The van der Waals surface area contributed by atoms with Gasteiger partial charge in [0.1, 0.15) is 18.3 Å². The van der Waals surface area contributed by atoms with Crippen LogP contribution in [0.4, 0.5) is 0 Å². The number of fused-ring (bicyclic) bond motifs is 5. The number of rotatable bonds is 6. The van der Waals surface area contributed by atoms with Gasteiger partial charge in [-0.05, 0) is 117 Å². The number of aliphatic hydroxyl groups excluding tert-OH is 5. The van der Waals surface area contributed by atoms with E-state index in [1.54, 1.807) is 0 Å². The first-order valence-corrected chi connectivity index (χ1v) is 17.4. The summed E-state index contributed by atoms with van der Waals surface area (Å²) in [5, 5.41) is 55.8. The number of hydrogen-bond donors (Lipinski definition) is 5. The van der Waals surface area contributed by atoms with Gasteiger partial charge in [0.05, 0.1) is 24.4 Å². The van der Waals surface area contributed by atoms with Crippen molar-refractivity contribution in [2.45, 2.75) is 163 Å². The lowest BCUT2D eigenvalue weighted by molar-refractivity contribution is -0.344. The van der Waals surface area contributed by atoms with E-state index >= 15 is 0 Å². The predicted octanol–water partition coefficient (Wildman–Crippen LogP) is 5.52. The maximum absolute atomic E-state index is 12.1. The molecule has 5 N–H and O–H groups in total. The third-order valence-corrected chi connectivity index (χ3v) is 14.2. The zero-order chi connectivity index (χ0) is 32.6. The van der Waals surface area contributed by atoms with Gasteiger partial charge in [-0.3, -0.25) is 0 Å². The molecule has 1 aliphatic heterocycles. The van der Waals surface area contributed by atoms with E-state index in [2.05, 4.69) is 67.5 Å². The Kier molecular flexibility index (Phi) is 9.43. The van der Waals surface area contributed by atoms with Crippen LogP contribution in [0.1, 0.15) is 114 Å². The Morgan fingerprint density at radius 2 is 1.55 bits per heavy atom. The Morgan fingerprint density at radius 3 is 2.18 bits per heavy atom. The SMILES string of the molecule is CC[C@H]1OC(O[C@H]2C[C@]3(C)[C@H](C[C@@H](O)[C@@H]4[C@@H](/C(C)=C\CC=C(C)C)CC[C@]43C)[C@@]3(C)CC[C@H](O)C(C)(C)[C@H]23)[C@H](O)[C@@H](O)[C@@H]1O. The lowest BCUT2D eigenvalue weighted by atomic mass is 9.34. The van der Waals surface area contributed by atoms with Crippen molar-refractivity contribution < 1.29 is 35.0 Å². The molecule has 15 atom stereocenters. The summed E-state index contributed by atoms with van der Waals surface area (Å²) in [6.07, 6.45) is 4.27. The van der Waals surface area contributed by atoms with Crippen LogP contribution in [-0.2, 0) is 9.47 Å². The quantitative estimate of drug-likeness (QED) is 0.197. The lowest BCUT2D eigenvalue weighted by Gasteiger charge is -2.72. The van der Waals surface area contributed by atoms with E-state index in [-0.39, 0.29) is 40.1 Å². The van der Waals surface area contributed by atoms with Crippen LogP contribution in [0.15, 0.2) is 23.3 Å². The van der Waals surface area contributed by atoms with Crippen LogP contribution in [-0.4, -0.2) is 74.6 Å². The average molecular weight is 619 g/mol. The Hall–Kier alpha value is -0.800. The minimum absolute atomic E-state index is 0.0491. The predicted molar refractivity (Wildman–Crippen MR) is 171 cm³/mol. The van der Waals surface area contributed by atoms with Crippen molar-refractivity contribution in [2.24, 2.45) is 45.3 Å². The largest absolute Gasteiger partial charge is 0.393 e. The molecule has 4 saturated carbocycles. The summed E-state index contributed by atoms with van der Waals surface area (Å²) < 4.78 is 13.0. The molecule has 5 aliphatic rings. The fourth-order valence-electron chi connectivity index (χ4n) is 11.7. The van der Waals surface area contributed by atoms with Crippen LogP contribution in [0.2, 0.25) is 0 Å². The molecule has 0 amide bonds. The third-order valence-electron chi connectivity index (χ3n) is 14.2. The molecule has 7 nitrogen and oxygen atoms in total. The highest BCUT2D eigenvalue weighted by Gasteiger charge is 2.72. The van der Waals surface area contributed by atoms with Gasteiger partial charge in [-0.2, -0.15) is 0 Å². The van der Waals surface area contributed by atoms with E-state index < -0.39 is 48.3 Å². The molecule has 252 valence electrons. The van der Waals surface area contributed by atoms with Crippen molar-refractivity contribution in [3.05, 3.63) is 23.3 Å². The molecular weight excluding hydrogens is 556 g/mol. The fraction of sp³-hybridized carbons (Fsp3) is 0.892. The Morgan fingerprint density at radius 1 is 0.864 bits per heavy atom. The first kappa shape index (κ1) is 34.5. The standard InChI is InChI=1S/C37H62O7/c1-10-24-29(40)30(41)31(42)33(43-24)44-25-19-37(9)26(35(7)16-15-27(39)34(5,6)32(25)35)18-23(38)28-22(14-17-36(28,37)8)21(4)13-11-12-20(2)3/h12-13,22-33,38-42H,10-11,14-19H2,1-9H3/b21-13-/t22-,23-,24-,25+,26-,27+,28+,29-,30+,31-,32+,33?,35-,36-,37-/m1/s1. The molecule has 0 aromatic rings. The maximum atomic E-state index is 12.1. The van der Waals surface area contributed by atoms with Crippen molar-refractivity contribution in [2.75, 3.05) is 0 Å². The van der Waals surface area contributed by atoms with E-state index in [1.807, 2.05) is 6.92 Å². The topological polar surface area (TPSA) is 120 Å². The van der Waals surface area contributed by atoms with E-state index in [0.29, 0.717) is 18.8 Å². The maximum Gasteiger partial charge on any atom is 0.186 e. The van der Waals surface area contributed by atoms with E-state index in [0.717, 1.165) is 38.5 Å². The Bertz CT molecular complexity index is 1110. The molecule has 44 heavy (non-hydrogen) atoms. The van der Waals surface area contributed by atoms with Gasteiger partial charge < -0.3 is 35.0 Å². The van der Waals surface area contributed by atoms with Crippen LogP contribution >= 0.6 is 0 Å². The molecule has 5 fully saturated rings. The molecule has 0 spiro atoms. The summed E-state index contributed by atoms with van der Waals surface area (Å²) in [6.45, 7) is 19.9. The zero-order valence-corrected chi connectivity index (χ0v) is 28.8. The molecule has 1 unspecified atom stereocenters. The second-order valence-corrected chi connectivity index (χ2v) is 17.0. The summed E-state index contributed by atoms with van der Waals surface area (Å²) in [6, 6.07) is 0. The highest BCUT2D eigenvalue weighted by atomic mass is 16.7. The smallest absolute Gasteiger partial charge is 0.186 e. The molecule has 4 aliphatic carbocycles. The average Bonchev–Trinajstić information content (AvgIpc) is 3.32. The van der Waals surface area contributed by atoms with Crippen molar-refractivity contribution >= 4 is 0 Å². The van der Waals surface area contributed by atoms with Gasteiger partial charge in [-0.1, -0.05) is 64.8 Å². The van der Waals surface area contributed by atoms with Crippen LogP contribution in [0.3, 0.4) is 0 Å². The molecule has 7 heteroatoms. The summed E-state index contributed by atoms with van der Waals surface area (Å²) in [7, 11) is 0. The van der Waals surface area contributed by atoms with Crippen LogP contribution in [0.5, 0.6) is 0 Å². The Balaban J connectivity index is 1.55. The van der Waals surface area contributed by atoms with Crippen molar-refractivity contribution in [3.8, 4) is 0 Å². The van der Waals surface area contributed by atoms with Gasteiger partial charge in [-0.25, -0.2) is 0 Å². The molecule has 1 heterocycles. The minimum atomic E-state index is -1.37. The van der Waals surface area contributed by atoms with E-state index in [9.17, 15) is 25.5 Å². The summed E-state index contributed by atoms with van der Waals surface area (Å²) in [5.74, 6) is 0.669. The highest BCUT2D eigenvalue weighted by Crippen LogP contribution is 2.76. The lowest BCUT2D eigenvalue weighted by Crippen LogP contribution is -2.70. The van der Waals surface area contributed by atoms with Crippen molar-refractivity contribution in [1.29, 1.82) is 0 Å². The monoisotopic (exact) mass is 618 g/mol. The molecule has 0 radical (unpaired) electrons. The van der Waals surface area contributed by atoms with Crippen molar-refractivity contribution in [3.63, 3.8) is 0 Å². The number of aliphatic hydroxyl groups is 5. The first-order valence-electron chi connectivity index (χ1n) is 17.4. The van der Waals surface area contributed by atoms with Gasteiger partial charge in [0, 0.05) is 0 Å². The number of ether oxygens (including phenoxy) is 2. The van der Waals surface area contributed by atoms with Gasteiger partial charge in [0.25, 0.3) is 0 Å². The second-order valence-electron chi connectivity index (χ2n) is 17.0. The van der Waals surface area contributed by atoms with Gasteiger partial charge in [0.15, 0.2) is 6.29 Å². The second kappa shape index (κ2) is 12.0. The van der Waals surface area contributed by atoms with Crippen LogP contribution in [0, 0.1) is 45.3 Å². The molecule has 0 bridgehead atoms. The van der Waals surface area contributed by atoms with Crippen LogP contribution < -0.4 is 0 Å². The fourth-order valence-corrected chi connectivity index (χ4v) is 11.7. The zero-order valence-electron chi connectivity index (χ0n) is 28.8. The third kappa shape index (κ3) is 5.20. The first-order chi connectivity index (χ1) is 20.4. The number of hydrogen-bond acceptors (Lipinski definition) is 7. The van der Waals surface area contributed by atoms with Crippen LogP contribution in [0.25, 0.3) is 0 Å². The van der Waals surface area contributed by atoms with Gasteiger partial charge in [0.2, 0.25) is 0 Å². The van der Waals surface area contributed by atoms with Gasteiger partial charge >= 0.3 is 0 Å². The van der Waals surface area contributed by atoms with E-state index in [1.165, 1.54) is 11.1 Å². The molecule has 1 saturated heterocycles. The molecular formula is C37H62O7. The Labute approximate surface area is 266 Å².